The van der Waals surface area contributed by atoms with Gasteiger partial charge in [0.15, 0.2) is 0 Å². The Balaban J connectivity index is 1.49. The maximum atomic E-state index is 5.43. The summed E-state index contributed by atoms with van der Waals surface area (Å²) < 4.78 is 7.54. The van der Waals surface area contributed by atoms with E-state index >= 15 is 0 Å². The van der Waals surface area contributed by atoms with Crippen molar-refractivity contribution in [1.29, 1.82) is 0 Å². The van der Waals surface area contributed by atoms with Crippen LogP contribution in [0.5, 0.6) is 5.88 Å². The highest BCUT2D eigenvalue weighted by Gasteiger charge is 2.20. The van der Waals surface area contributed by atoms with Gasteiger partial charge in [0.2, 0.25) is 5.88 Å². The van der Waals surface area contributed by atoms with Gasteiger partial charge in [0.25, 0.3) is 0 Å². The molecule has 0 unspecified atom stereocenters. The summed E-state index contributed by atoms with van der Waals surface area (Å²) in [5.74, 6) is 0.570. The lowest BCUT2D eigenvalue weighted by Gasteiger charge is -2.24. The van der Waals surface area contributed by atoms with Crippen LogP contribution in [0.25, 0.3) is 44.2 Å². The lowest BCUT2D eigenvalue weighted by atomic mass is 10.0. The second-order valence-corrected chi connectivity index (χ2v) is 7.90. The number of nitrogens with one attached hydrogen (secondary N) is 1. The van der Waals surface area contributed by atoms with Gasteiger partial charge >= 0.3 is 0 Å². The molecule has 0 radical (unpaired) electrons. The van der Waals surface area contributed by atoms with Gasteiger partial charge in [-0.2, -0.15) is 5.10 Å². The molecule has 31 heavy (non-hydrogen) atoms. The van der Waals surface area contributed by atoms with Gasteiger partial charge < -0.3 is 9.72 Å². The molecule has 0 bridgehead atoms. The Labute approximate surface area is 178 Å². The molecular formula is C23H21N7O. The highest BCUT2D eigenvalue weighted by atomic mass is 16.5. The third kappa shape index (κ3) is 2.87. The molecule has 1 aliphatic rings. The number of pyridine rings is 1. The van der Waals surface area contributed by atoms with Crippen LogP contribution in [0.15, 0.2) is 49.2 Å². The highest BCUT2D eigenvalue weighted by Crippen LogP contribution is 2.35. The Morgan fingerprint density at radius 2 is 1.87 bits per heavy atom. The fraction of sp³-hybridized carbons (Fsp3) is 0.217. The lowest BCUT2D eigenvalue weighted by molar-refractivity contribution is 0.259. The summed E-state index contributed by atoms with van der Waals surface area (Å²) in [6.45, 7) is 2.82. The molecule has 0 saturated heterocycles. The number of benzene rings is 1. The van der Waals surface area contributed by atoms with Gasteiger partial charge in [-0.25, -0.2) is 15.0 Å². The molecule has 0 spiro atoms. The zero-order chi connectivity index (χ0) is 20.9. The predicted octanol–water partition coefficient (Wildman–Crippen LogP) is 3.49. The first-order chi connectivity index (χ1) is 15.2. The summed E-state index contributed by atoms with van der Waals surface area (Å²) in [5, 5.41) is 6.55. The average Bonchev–Trinajstić information content (AvgIpc) is 3.41. The smallest absolute Gasteiger partial charge is 0.224 e. The van der Waals surface area contributed by atoms with Crippen LogP contribution in [0, 0.1) is 0 Å². The van der Waals surface area contributed by atoms with Crippen molar-refractivity contribution in [3.63, 3.8) is 0 Å². The van der Waals surface area contributed by atoms with Crippen molar-refractivity contribution >= 4 is 21.9 Å². The molecule has 154 valence electrons. The quantitative estimate of drug-likeness (QED) is 0.489. The fourth-order valence-corrected chi connectivity index (χ4v) is 4.36. The van der Waals surface area contributed by atoms with Gasteiger partial charge in [-0.3, -0.25) is 9.58 Å². The van der Waals surface area contributed by atoms with Gasteiger partial charge in [0.05, 0.1) is 36.4 Å². The zero-order valence-corrected chi connectivity index (χ0v) is 17.3. The predicted molar refractivity (Wildman–Crippen MR) is 119 cm³/mol. The Bertz CT molecular complexity index is 1430. The van der Waals surface area contributed by atoms with Crippen molar-refractivity contribution in [2.24, 2.45) is 0 Å². The van der Waals surface area contributed by atoms with Crippen molar-refractivity contribution in [1.82, 2.24) is 34.6 Å². The first kappa shape index (κ1) is 18.0. The van der Waals surface area contributed by atoms with Crippen LogP contribution >= 0.6 is 0 Å². The maximum absolute atomic E-state index is 5.43. The van der Waals surface area contributed by atoms with Gasteiger partial charge in [-0.05, 0) is 30.8 Å². The van der Waals surface area contributed by atoms with Crippen molar-refractivity contribution < 1.29 is 4.74 Å². The van der Waals surface area contributed by atoms with Crippen LogP contribution in [0.1, 0.15) is 5.69 Å². The summed E-state index contributed by atoms with van der Waals surface area (Å²) in [6.07, 6.45) is 7.40. The van der Waals surface area contributed by atoms with E-state index < -0.39 is 0 Å². The molecule has 4 aromatic heterocycles. The molecule has 0 saturated carbocycles. The first-order valence-electron chi connectivity index (χ1n) is 10.2. The molecule has 1 N–H and O–H groups in total. The van der Waals surface area contributed by atoms with E-state index in [9.17, 15) is 0 Å². The minimum Gasteiger partial charge on any atom is -0.480 e. The molecule has 8 nitrogen and oxygen atoms in total. The molecule has 0 atom stereocenters. The fourth-order valence-electron chi connectivity index (χ4n) is 4.36. The Kier molecular flexibility index (Phi) is 4.00. The molecule has 5 heterocycles. The number of fused-ring (bicyclic) bond motifs is 3. The molecule has 1 aromatic carbocycles. The van der Waals surface area contributed by atoms with Gasteiger partial charge in [0.1, 0.15) is 12.0 Å². The van der Waals surface area contributed by atoms with Crippen LogP contribution in [-0.2, 0) is 13.1 Å². The molecule has 0 amide bonds. The second-order valence-electron chi connectivity index (χ2n) is 7.90. The minimum atomic E-state index is 0.570. The number of likely N-dealkylation sites (N-methyl/N-ethyl adjacent to an activating group) is 1. The van der Waals surface area contributed by atoms with E-state index in [1.54, 1.807) is 7.11 Å². The molecule has 6 rings (SSSR count). The number of methoxy groups -OCH3 is 1. The molecule has 8 heteroatoms. The molecular weight excluding hydrogens is 390 g/mol. The summed E-state index contributed by atoms with van der Waals surface area (Å²) >= 11 is 0. The number of rotatable bonds is 3. The normalized spacial score (nSPS) is 14.3. The number of hydrogen-bond donors (Lipinski definition) is 1. The minimum absolute atomic E-state index is 0.570. The van der Waals surface area contributed by atoms with E-state index in [-0.39, 0.29) is 0 Å². The molecule has 5 aromatic rings. The summed E-state index contributed by atoms with van der Waals surface area (Å²) in [6, 6.07) is 8.33. The number of aromatic amines is 1. The van der Waals surface area contributed by atoms with Gasteiger partial charge in [0, 0.05) is 47.6 Å². The Morgan fingerprint density at radius 1 is 0.968 bits per heavy atom. The number of ether oxygens (including phenoxy) is 1. The standard InChI is InChI=1S/C23H21N7O/c1-29-5-6-30-21(12-29)19(11-28-30)15-8-16-18(10-25-22(16)24-9-15)14-3-4-20-17(7-14)23(31-2)27-13-26-20/h3-4,7-11,13H,5-6,12H2,1-2H3,(H,24,25). The number of H-pyrrole nitrogens is 1. The largest absolute Gasteiger partial charge is 0.480 e. The van der Waals surface area contributed by atoms with Crippen LogP contribution in [0.3, 0.4) is 0 Å². The highest BCUT2D eigenvalue weighted by molar-refractivity contribution is 5.98. The lowest BCUT2D eigenvalue weighted by Crippen LogP contribution is -2.30. The van der Waals surface area contributed by atoms with E-state index in [2.05, 4.69) is 54.9 Å². The van der Waals surface area contributed by atoms with Crippen molar-refractivity contribution in [3.8, 4) is 28.1 Å². The van der Waals surface area contributed by atoms with Crippen LogP contribution < -0.4 is 4.74 Å². The SMILES string of the molecule is COc1ncnc2ccc(-c3c[nH]c4ncc(-c5cnn6c5CN(C)CC6)cc34)cc12. The van der Waals surface area contributed by atoms with E-state index in [1.807, 2.05) is 24.7 Å². The Morgan fingerprint density at radius 3 is 2.77 bits per heavy atom. The number of nitrogens with zero attached hydrogens (tertiary/aromatic N) is 6. The van der Waals surface area contributed by atoms with Crippen molar-refractivity contribution in [3.05, 3.63) is 54.9 Å². The molecule has 0 aliphatic carbocycles. The van der Waals surface area contributed by atoms with Crippen molar-refractivity contribution in [2.75, 3.05) is 20.7 Å². The number of aromatic nitrogens is 6. The van der Waals surface area contributed by atoms with Gasteiger partial charge in [-0.15, -0.1) is 0 Å². The number of hydrogen-bond acceptors (Lipinski definition) is 6. The van der Waals surface area contributed by atoms with Gasteiger partial charge in [-0.1, -0.05) is 6.07 Å². The molecule has 0 fully saturated rings. The summed E-state index contributed by atoms with van der Waals surface area (Å²) in [4.78, 5) is 18.9. The maximum Gasteiger partial charge on any atom is 0.224 e. The van der Waals surface area contributed by atoms with E-state index in [1.165, 1.54) is 12.0 Å². The Hall–Kier alpha value is -3.78. The summed E-state index contributed by atoms with van der Waals surface area (Å²) in [5.41, 5.74) is 7.30. The van der Waals surface area contributed by atoms with Crippen LogP contribution in [0.2, 0.25) is 0 Å². The van der Waals surface area contributed by atoms with Crippen LogP contribution in [0.4, 0.5) is 0 Å². The third-order valence-electron chi connectivity index (χ3n) is 6.01. The third-order valence-corrected chi connectivity index (χ3v) is 6.01. The topological polar surface area (TPSA) is 84.8 Å². The summed E-state index contributed by atoms with van der Waals surface area (Å²) in [7, 11) is 3.77. The van der Waals surface area contributed by atoms with E-state index in [0.29, 0.717) is 5.88 Å². The average molecular weight is 411 g/mol. The van der Waals surface area contributed by atoms with E-state index in [0.717, 1.165) is 63.8 Å². The first-order valence-corrected chi connectivity index (χ1v) is 10.2. The molecule has 1 aliphatic heterocycles. The van der Waals surface area contributed by atoms with E-state index in [4.69, 9.17) is 9.72 Å². The van der Waals surface area contributed by atoms with Crippen LogP contribution in [-0.4, -0.2) is 55.3 Å². The zero-order valence-electron chi connectivity index (χ0n) is 17.3. The monoisotopic (exact) mass is 411 g/mol. The van der Waals surface area contributed by atoms with Crippen molar-refractivity contribution in [2.45, 2.75) is 13.1 Å². The second kappa shape index (κ2) is 6.88.